The number of hydrogen-bond acceptors (Lipinski definition) is 4. The summed E-state index contributed by atoms with van der Waals surface area (Å²) in [6.45, 7) is 0. The molecule has 2 rings (SSSR count). The zero-order chi connectivity index (χ0) is 13.7. The first-order valence-corrected chi connectivity index (χ1v) is 6.10. The molecule has 0 saturated heterocycles. The lowest BCUT2D eigenvalue weighted by Gasteiger charge is -2.13. The maximum Gasteiger partial charge on any atom is 0.122 e. The number of ether oxygens (including phenoxy) is 2. The largest absolute Gasteiger partial charge is 0.497 e. The van der Waals surface area contributed by atoms with Crippen LogP contribution in [-0.2, 0) is 6.42 Å². The summed E-state index contributed by atoms with van der Waals surface area (Å²) in [5, 5.41) is 0. The molecule has 0 aliphatic heterocycles. The highest BCUT2D eigenvalue weighted by molar-refractivity contribution is 5.39. The second kappa shape index (κ2) is 6.20. The van der Waals surface area contributed by atoms with Crippen LogP contribution in [0.25, 0.3) is 0 Å². The lowest BCUT2D eigenvalue weighted by molar-refractivity contribution is 0.393. The predicted molar refractivity (Wildman–Crippen MR) is 74.4 cm³/mol. The summed E-state index contributed by atoms with van der Waals surface area (Å²) >= 11 is 0. The molecule has 0 radical (unpaired) electrons. The van der Waals surface area contributed by atoms with E-state index in [2.05, 4.69) is 4.98 Å². The molecule has 1 aromatic carbocycles. The summed E-state index contributed by atoms with van der Waals surface area (Å²) < 4.78 is 10.5. The van der Waals surface area contributed by atoms with E-state index >= 15 is 0 Å². The zero-order valence-electron chi connectivity index (χ0n) is 11.2. The Morgan fingerprint density at radius 3 is 2.37 bits per heavy atom. The van der Waals surface area contributed by atoms with Crippen LogP contribution in [0.1, 0.15) is 17.2 Å². The third kappa shape index (κ3) is 3.45. The van der Waals surface area contributed by atoms with Gasteiger partial charge in [-0.1, -0.05) is 6.07 Å². The van der Waals surface area contributed by atoms with Gasteiger partial charge in [-0.2, -0.15) is 0 Å². The molecule has 0 fully saturated rings. The quantitative estimate of drug-likeness (QED) is 0.894. The van der Waals surface area contributed by atoms with E-state index in [9.17, 15) is 0 Å². The number of aromatic nitrogens is 1. The van der Waals surface area contributed by atoms with E-state index in [0.29, 0.717) is 6.42 Å². The summed E-state index contributed by atoms with van der Waals surface area (Å²) in [7, 11) is 3.28. The number of rotatable bonds is 5. The molecule has 1 atom stereocenters. The molecule has 0 aliphatic rings. The number of nitrogens with two attached hydrogens (primary N) is 1. The van der Waals surface area contributed by atoms with E-state index in [-0.39, 0.29) is 6.04 Å². The summed E-state index contributed by atoms with van der Waals surface area (Å²) in [5.74, 6) is 1.54. The van der Waals surface area contributed by atoms with Crippen molar-refractivity contribution >= 4 is 0 Å². The topological polar surface area (TPSA) is 57.4 Å². The number of methoxy groups -OCH3 is 2. The smallest absolute Gasteiger partial charge is 0.122 e. The highest BCUT2D eigenvalue weighted by Gasteiger charge is 2.09. The van der Waals surface area contributed by atoms with E-state index in [4.69, 9.17) is 15.2 Å². The van der Waals surface area contributed by atoms with Gasteiger partial charge >= 0.3 is 0 Å². The van der Waals surface area contributed by atoms with Crippen LogP contribution in [0.2, 0.25) is 0 Å². The molecule has 1 aromatic heterocycles. The first kappa shape index (κ1) is 13.4. The molecule has 19 heavy (non-hydrogen) atoms. The van der Waals surface area contributed by atoms with Crippen LogP contribution < -0.4 is 15.2 Å². The van der Waals surface area contributed by atoms with Crippen molar-refractivity contribution in [3.8, 4) is 11.5 Å². The van der Waals surface area contributed by atoms with Gasteiger partial charge in [0.2, 0.25) is 0 Å². The Hall–Kier alpha value is -2.07. The lowest BCUT2D eigenvalue weighted by atomic mass is 10.0. The first-order chi connectivity index (χ1) is 9.22. The van der Waals surface area contributed by atoms with E-state index in [1.165, 1.54) is 0 Å². The van der Waals surface area contributed by atoms with Gasteiger partial charge in [-0.15, -0.1) is 0 Å². The van der Waals surface area contributed by atoms with Gasteiger partial charge in [0.15, 0.2) is 0 Å². The zero-order valence-corrected chi connectivity index (χ0v) is 11.2. The molecule has 2 aromatic rings. The Balaban J connectivity index is 2.18. The minimum atomic E-state index is -0.0921. The van der Waals surface area contributed by atoms with Crippen LogP contribution in [0, 0.1) is 0 Å². The first-order valence-electron chi connectivity index (χ1n) is 6.10. The number of pyridine rings is 1. The highest BCUT2D eigenvalue weighted by atomic mass is 16.5. The normalized spacial score (nSPS) is 11.9. The molecular weight excluding hydrogens is 240 g/mol. The van der Waals surface area contributed by atoms with Gasteiger partial charge in [-0.25, -0.2) is 0 Å². The highest BCUT2D eigenvalue weighted by Crippen LogP contribution is 2.25. The van der Waals surface area contributed by atoms with Crippen LogP contribution in [0.15, 0.2) is 42.7 Å². The summed E-state index contributed by atoms with van der Waals surface area (Å²) in [6, 6.07) is 9.57. The fourth-order valence-corrected chi connectivity index (χ4v) is 1.95. The Morgan fingerprint density at radius 2 is 1.84 bits per heavy atom. The number of benzene rings is 1. The van der Waals surface area contributed by atoms with E-state index in [1.54, 1.807) is 26.6 Å². The van der Waals surface area contributed by atoms with E-state index < -0.39 is 0 Å². The fraction of sp³-hybridized carbons (Fsp3) is 0.267. The predicted octanol–water partition coefficient (Wildman–Crippen LogP) is 2.34. The van der Waals surface area contributed by atoms with Gasteiger partial charge in [0.05, 0.1) is 14.2 Å². The van der Waals surface area contributed by atoms with Gasteiger partial charge in [-0.05, 0) is 35.7 Å². The molecule has 4 heteroatoms. The third-order valence-corrected chi connectivity index (χ3v) is 2.98. The average Bonchev–Trinajstić information content (AvgIpc) is 2.47. The third-order valence-electron chi connectivity index (χ3n) is 2.98. The SMILES string of the molecule is COc1cc(CC(N)c2cccnc2)cc(OC)c1. The monoisotopic (exact) mass is 258 g/mol. The Labute approximate surface area is 113 Å². The molecule has 0 saturated carbocycles. The van der Waals surface area contributed by atoms with Crippen molar-refractivity contribution in [2.45, 2.75) is 12.5 Å². The van der Waals surface area contributed by atoms with Gasteiger partial charge < -0.3 is 15.2 Å². The van der Waals surface area contributed by atoms with Crippen LogP contribution in [0.5, 0.6) is 11.5 Å². The maximum atomic E-state index is 6.19. The minimum Gasteiger partial charge on any atom is -0.497 e. The molecule has 1 heterocycles. The Bertz CT molecular complexity index is 507. The summed E-state index contributed by atoms with van der Waals surface area (Å²) in [6.07, 6.45) is 4.24. The van der Waals surface area contributed by atoms with Crippen LogP contribution in [-0.4, -0.2) is 19.2 Å². The van der Waals surface area contributed by atoms with Crippen molar-refractivity contribution in [2.75, 3.05) is 14.2 Å². The second-order valence-corrected chi connectivity index (χ2v) is 4.32. The van der Waals surface area contributed by atoms with Crippen molar-refractivity contribution < 1.29 is 9.47 Å². The van der Waals surface area contributed by atoms with Gasteiger partial charge in [0.1, 0.15) is 11.5 Å². The minimum absolute atomic E-state index is 0.0921. The summed E-state index contributed by atoms with van der Waals surface area (Å²) in [4.78, 5) is 4.09. The molecule has 1 unspecified atom stereocenters. The number of nitrogens with zero attached hydrogens (tertiary/aromatic N) is 1. The van der Waals surface area contributed by atoms with Gasteiger partial charge in [0.25, 0.3) is 0 Å². The van der Waals surface area contributed by atoms with Crippen LogP contribution in [0.4, 0.5) is 0 Å². The molecule has 0 amide bonds. The molecule has 0 aliphatic carbocycles. The van der Waals surface area contributed by atoms with Gasteiger partial charge in [-0.3, -0.25) is 4.98 Å². The van der Waals surface area contributed by atoms with Crippen LogP contribution in [0.3, 0.4) is 0 Å². The van der Waals surface area contributed by atoms with Crippen molar-refractivity contribution in [1.29, 1.82) is 0 Å². The van der Waals surface area contributed by atoms with Crippen molar-refractivity contribution in [2.24, 2.45) is 5.73 Å². The van der Waals surface area contributed by atoms with E-state index in [1.807, 2.05) is 30.3 Å². The Morgan fingerprint density at radius 1 is 1.16 bits per heavy atom. The lowest BCUT2D eigenvalue weighted by Crippen LogP contribution is -2.13. The molecule has 0 bridgehead atoms. The second-order valence-electron chi connectivity index (χ2n) is 4.32. The van der Waals surface area contributed by atoms with Gasteiger partial charge in [0, 0.05) is 24.5 Å². The number of hydrogen-bond donors (Lipinski definition) is 1. The fourth-order valence-electron chi connectivity index (χ4n) is 1.95. The summed E-state index contributed by atoms with van der Waals surface area (Å²) in [5.41, 5.74) is 8.28. The van der Waals surface area contributed by atoms with E-state index in [0.717, 1.165) is 22.6 Å². The molecular formula is C15H18N2O2. The van der Waals surface area contributed by atoms with Crippen molar-refractivity contribution in [3.63, 3.8) is 0 Å². The Kier molecular flexibility index (Phi) is 4.36. The van der Waals surface area contributed by atoms with Crippen molar-refractivity contribution in [1.82, 2.24) is 4.98 Å². The van der Waals surface area contributed by atoms with Crippen molar-refractivity contribution in [3.05, 3.63) is 53.9 Å². The standard InChI is InChI=1S/C15H18N2O2/c1-18-13-6-11(7-14(9-13)19-2)8-15(16)12-4-3-5-17-10-12/h3-7,9-10,15H,8,16H2,1-2H3. The molecule has 2 N–H and O–H groups in total. The van der Waals surface area contributed by atoms with Crippen LogP contribution >= 0.6 is 0 Å². The maximum absolute atomic E-state index is 6.19. The molecule has 0 spiro atoms. The molecule has 4 nitrogen and oxygen atoms in total. The average molecular weight is 258 g/mol. The molecule has 100 valence electrons.